The van der Waals surface area contributed by atoms with Gasteiger partial charge in [0, 0.05) is 62.0 Å². The number of benzene rings is 1. The summed E-state index contributed by atoms with van der Waals surface area (Å²) in [4.78, 5) is 37.0. The van der Waals surface area contributed by atoms with Gasteiger partial charge in [0.15, 0.2) is 0 Å². The summed E-state index contributed by atoms with van der Waals surface area (Å²) in [7, 11) is 0. The van der Waals surface area contributed by atoms with Gasteiger partial charge in [-0.1, -0.05) is 32.9 Å². The van der Waals surface area contributed by atoms with Crippen molar-refractivity contribution >= 4 is 42.3 Å². The molecule has 3 aliphatic heterocycles. The second-order valence-electron chi connectivity index (χ2n) is 12.0. The van der Waals surface area contributed by atoms with Gasteiger partial charge in [0.05, 0.1) is 24.0 Å². The molecule has 42 heavy (non-hydrogen) atoms. The number of piperazine rings is 1. The largest absolute Gasteiger partial charge is 0.384 e. The minimum Gasteiger partial charge on any atom is -0.384 e. The number of morpholine rings is 1. The monoisotopic (exact) mass is 625 g/mol. The van der Waals surface area contributed by atoms with Crippen LogP contribution in [-0.4, -0.2) is 95.8 Å². The molecule has 232 valence electrons. The number of aliphatic hydroxyl groups is 1. The fourth-order valence-electron chi connectivity index (χ4n) is 5.98. The number of rotatable bonds is 7. The standard InChI is InChI=1S/C30H40FN5O4.2ClH/c1-5-24-15-35(27(38)17-40-24)14-23-12-32-19(2)13-34(23)16-26(37)36-18-30(3,4)29-25(36)10-21(11-33-29)28(39)20-6-8-22(31)9-7-20;;/h6-11,19,23-24,28,32,39H,5,12-18H2,1-4H3;2*1H/t19-,23-,24?,28+;;/m1../s1. The van der Waals surface area contributed by atoms with E-state index in [-0.39, 0.29) is 79.2 Å². The number of ether oxygens (including phenoxy) is 1. The van der Waals surface area contributed by atoms with Gasteiger partial charge in [0.1, 0.15) is 18.5 Å². The summed E-state index contributed by atoms with van der Waals surface area (Å²) in [5.41, 5.74) is 2.26. The van der Waals surface area contributed by atoms with Crippen molar-refractivity contribution in [2.45, 2.75) is 63.8 Å². The molecule has 4 atom stereocenters. The first kappa shape index (κ1) is 34.2. The molecule has 1 aromatic heterocycles. The second kappa shape index (κ2) is 14.0. The molecule has 0 radical (unpaired) electrons. The van der Waals surface area contributed by atoms with Gasteiger partial charge in [0.2, 0.25) is 11.8 Å². The summed E-state index contributed by atoms with van der Waals surface area (Å²) in [6.45, 7) is 11.6. The summed E-state index contributed by atoms with van der Waals surface area (Å²) in [6.07, 6.45) is 1.54. The first-order valence-corrected chi connectivity index (χ1v) is 14.2. The maximum Gasteiger partial charge on any atom is 0.248 e. The molecule has 0 spiro atoms. The van der Waals surface area contributed by atoms with Crippen LogP contribution in [0.1, 0.15) is 57.0 Å². The van der Waals surface area contributed by atoms with Crippen LogP contribution < -0.4 is 10.2 Å². The first-order valence-electron chi connectivity index (χ1n) is 14.2. The number of carbonyl (C=O) groups is 2. The summed E-state index contributed by atoms with van der Waals surface area (Å²) >= 11 is 0. The lowest BCUT2D eigenvalue weighted by Gasteiger charge is -2.43. The van der Waals surface area contributed by atoms with E-state index >= 15 is 0 Å². The van der Waals surface area contributed by atoms with Crippen molar-refractivity contribution in [1.29, 1.82) is 0 Å². The number of pyridine rings is 1. The Balaban J connectivity index is 0.00000242. The van der Waals surface area contributed by atoms with Crippen molar-refractivity contribution in [3.8, 4) is 0 Å². The lowest BCUT2D eigenvalue weighted by molar-refractivity contribution is -0.150. The third-order valence-corrected chi connectivity index (χ3v) is 8.35. The second-order valence-corrected chi connectivity index (χ2v) is 12.0. The fraction of sp³-hybridized carbons (Fsp3) is 0.567. The number of aromatic nitrogens is 1. The van der Waals surface area contributed by atoms with E-state index in [2.05, 4.69) is 42.9 Å². The molecule has 5 rings (SSSR count). The fourth-order valence-corrected chi connectivity index (χ4v) is 5.98. The Morgan fingerprint density at radius 3 is 2.62 bits per heavy atom. The SMILES string of the molecule is CCC1CN(C[C@H]2CN[C@H](C)CN2CC(=O)N2CC(C)(C)c3ncc([C@@H](O)c4ccc(F)cc4)cc32)C(=O)CO1.Cl.Cl. The van der Waals surface area contributed by atoms with Crippen LogP contribution in [0.15, 0.2) is 36.5 Å². The van der Waals surface area contributed by atoms with Crippen molar-refractivity contribution in [2.75, 3.05) is 50.8 Å². The minimum absolute atomic E-state index is 0. The Labute approximate surface area is 259 Å². The lowest BCUT2D eigenvalue weighted by Crippen LogP contribution is -2.62. The molecule has 4 heterocycles. The highest BCUT2D eigenvalue weighted by Crippen LogP contribution is 2.40. The lowest BCUT2D eigenvalue weighted by atomic mass is 9.90. The maximum atomic E-state index is 13.9. The zero-order valence-corrected chi connectivity index (χ0v) is 26.2. The molecule has 3 aliphatic rings. The average molecular weight is 627 g/mol. The van der Waals surface area contributed by atoms with Gasteiger partial charge in [-0.05, 0) is 37.1 Å². The van der Waals surface area contributed by atoms with Crippen molar-refractivity contribution < 1.29 is 23.8 Å². The Hall–Kier alpha value is -2.34. The highest BCUT2D eigenvalue weighted by atomic mass is 35.5. The number of anilines is 1. The van der Waals surface area contributed by atoms with Crippen LogP contribution in [-0.2, 0) is 19.7 Å². The maximum absolute atomic E-state index is 13.9. The van der Waals surface area contributed by atoms with Crippen LogP contribution in [0.5, 0.6) is 0 Å². The molecule has 2 amide bonds. The molecule has 9 nitrogen and oxygen atoms in total. The molecule has 0 aliphatic carbocycles. The molecule has 0 saturated carbocycles. The summed E-state index contributed by atoms with van der Waals surface area (Å²) in [5.74, 6) is -0.422. The predicted octanol–water partition coefficient (Wildman–Crippen LogP) is 3.07. The van der Waals surface area contributed by atoms with Crippen molar-refractivity contribution in [2.24, 2.45) is 0 Å². The van der Waals surface area contributed by atoms with Gasteiger partial charge >= 0.3 is 0 Å². The van der Waals surface area contributed by atoms with Gasteiger partial charge in [-0.3, -0.25) is 19.5 Å². The number of halogens is 3. The van der Waals surface area contributed by atoms with Gasteiger partial charge in [-0.2, -0.15) is 0 Å². The molecular formula is C30H42Cl2FN5O4. The normalized spacial score (nSPS) is 24.4. The number of amides is 2. The molecule has 0 bridgehead atoms. The van der Waals surface area contributed by atoms with E-state index in [1.165, 1.54) is 12.1 Å². The molecule has 1 unspecified atom stereocenters. The van der Waals surface area contributed by atoms with E-state index < -0.39 is 6.10 Å². The van der Waals surface area contributed by atoms with E-state index in [9.17, 15) is 19.1 Å². The van der Waals surface area contributed by atoms with Crippen LogP contribution in [0.25, 0.3) is 0 Å². The van der Waals surface area contributed by atoms with Crippen molar-refractivity contribution in [1.82, 2.24) is 20.1 Å². The van der Waals surface area contributed by atoms with Crippen LogP contribution in [0.3, 0.4) is 0 Å². The van der Waals surface area contributed by atoms with Crippen LogP contribution >= 0.6 is 24.8 Å². The number of hydrogen-bond donors (Lipinski definition) is 2. The highest BCUT2D eigenvalue weighted by Gasteiger charge is 2.41. The quantitative estimate of drug-likeness (QED) is 0.488. The van der Waals surface area contributed by atoms with Gasteiger partial charge < -0.3 is 25.0 Å². The first-order chi connectivity index (χ1) is 19.1. The molecule has 2 fully saturated rings. The van der Waals surface area contributed by atoms with E-state index in [1.54, 1.807) is 23.2 Å². The highest BCUT2D eigenvalue weighted by molar-refractivity contribution is 5.97. The molecule has 12 heteroatoms. The zero-order valence-electron chi connectivity index (χ0n) is 24.6. The summed E-state index contributed by atoms with van der Waals surface area (Å²) in [5, 5.41) is 14.5. The molecule has 1 aromatic carbocycles. The molecule has 2 aromatic rings. The van der Waals surface area contributed by atoms with E-state index in [0.717, 1.165) is 12.1 Å². The number of fused-ring (bicyclic) bond motifs is 1. The van der Waals surface area contributed by atoms with Crippen LogP contribution in [0.4, 0.5) is 10.1 Å². The Morgan fingerprint density at radius 2 is 1.93 bits per heavy atom. The smallest absolute Gasteiger partial charge is 0.248 e. The summed E-state index contributed by atoms with van der Waals surface area (Å²) in [6, 6.07) is 7.78. The van der Waals surface area contributed by atoms with E-state index in [0.29, 0.717) is 49.5 Å². The number of hydrogen-bond acceptors (Lipinski definition) is 7. The van der Waals surface area contributed by atoms with Crippen LogP contribution in [0, 0.1) is 5.82 Å². The Bertz CT molecular complexity index is 1250. The summed E-state index contributed by atoms with van der Waals surface area (Å²) < 4.78 is 19.0. The van der Waals surface area contributed by atoms with Crippen molar-refractivity contribution in [3.63, 3.8) is 0 Å². The molecule has 2 saturated heterocycles. The minimum atomic E-state index is -0.990. The van der Waals surface area contributed by atoms with Crippen molar-refractivity contribution in [3.05, 3.63) is 59.2 Å². The number of aliphatic hydroxyl groups excluding tert-OH is 1. The van der Waals surface area contributed by atoms with E-state index in [1.807, 2.05) is 11.0 Å². The third-order valence-electron chi connectivity index (χ3n) is 8.35. The Kier molecular flexibility index (Phi) is 11.4. The van der Waals surface area contributed by atoms with Crippen LogP contribution in [0.2, 0.25) is 0 Å². The average Bonchev–Trinajstić information content (AvgIpc) is 3.21. The van der Waals surface area contributed by atoms with Gasteiger partial charge in [0.25, 0.3) is 0 Å². The van der Waals surface area contributed by atoms with Gasteiger partial charge in [-0.15, -0.1) is 24.8 Å². The number of carbonyl (C=O) groups excluding carboxylic acids is 2. The topological polar surface area (TPSA) is 98.2 Å². The predicted molar refractivity (Wildman–Crippen MR) is 164 cm³/mol. The zero-order chi connectivity index (χ0) is 28.6. The number of nitrogens with one attached hydrogen (secondary N) is 1. The third kappa shape index (κ3) is 7.23. The molecule has 2 N–H and O–H groups in total. The molecular weight excluding hydrogens is 584 g/mol. The van der Waals surface area contributed by atoms with Gasteiger partial charge in [-0.25, -0.2) is 4.39 Å². The Morgan fingerprint density at radius 1 is 1.21 bits per heavy atom. The van der Waals surface area contributed by atoms with E-state index in [4.69, 9.17) is 4.74 Å². The number of nitrogens with zero attached hydrogens (tertiary/aromatic N) is 4.